The second kappa shape index (κ2) is 14.9. The van der Waals surface area contributed by atoms with Gasteiger partial charge in [0.05, 0.1) is 22.9 Å². The van der Waals surface area contributed by atoms with Gasteiger partial charge in [0.2, 0.25) is 0 Å². The minimum absolute atomic E-state index is 0.0775. The van der Waals surface area contributed by atoms with Gasteiger partial charge >= 0.3 is 11.9 Å². The number of aliphatic carboxylic acids is 1. The maximum Gasteiger partial charge on any atom is 0.309 e. The number of aromatic nitrogens is 3. The molecule has 0 unspecified atom stereocenters. The quantitative estimate of drug-likeness (QED) is 0.136. The molecular formula is C53H72N4O5. The number of carbonyl (C=O) groups is 3. The van der Waals surface area contributed by atoms with Crippen molar-refractivity contribution in [3.8, 4) is 11.4 Å². The number of nitrogens with one attached hydrogen (secondary N) is 2. The number of pyridine rings is 1. The molecule has 10 atom stereocenters. The molecule has 9 nitrogen and oxygen atoms in total. The van der Waals surface area contributed by atoms with E-state index < -0.39 is 17.3 Å². The Kier molecular flexibility index (Phi) is 10.4. The number of benzene rings is 1. The van der Waals surface area contributed by atoms with Gasteiger partial charge in [0.1, 0.15) is 11.9 Å². The largest absolute Gasteiger partial charge is 0.481 e. The number of nitrogens with zero attached hydrogens (tertiary/aromatic N) is 2. The summed E-state index contributed by atoms with van der Waals surface area (Å²) in [4.78, 5) is 52.5. The third kappa shape index (κ3) is 6.42. The van der Waals surface area contributed by atoms with Crippen LogP contribution in [0.4, 0.5) is 0 Å². The molecule has 0 amide bonds. The van der Waals surface area contributed by atoms with Crippen LogP contribution in [0.2, 0.25) is 0 Å². The number of hydrogen-bond acceptors (Lipinski definition) is 7. The molecule has 5 saturated carbocycles. The molecule has 6 aliphatic rings. The number of allylic oxidation sites excluding steroid dienone is 2. The number of carbonyl (C=O) groups excluding carboxylic acids is 2. The predicted octanol–water partition coefficient (Wildman–Crippen LogP) is 11.1. The van der Waals surface area contributed by atoms with Crippen LogP contribution in [0, 0.1) is 74.9 Å². The number of carboxylic acids is 1. The van der Waals surface area contributed by atoms with Crippen LogP contribution < -0.4 is 5.32 Å². The molecule has 0 aliphatic heterocycles. The topological polar surface area (TPSA) is 134 Å². The fourth-order valence-electron chi connectivity index (χ4n) is 15.7. The van der Waals surface area contributed by atoms with Gasteiger partial charge in [-0.25, -0.2) is 4.98 Å². The van der Waals surface area contributed by atoms with Crippen LogP contribution in [0.15, 0.2) is 47.7 Å². The Bertz CT molecular complexity index is 2320. The van der Waals surface area contributed by atoms with Crippen LogP contribution in [0.25, 0.3) is 22.4 Å². The lowest BCUT2D eigenvalue weighted by Gasteiger charge is -2.72. The Morgan fingerprint density at radius 1 is 0.903 bits per heavy atom. The van der Waals surface area contributed by atoms with E-state index in [1.54, 1.807) is 0 Å². The van der Waals surface area contributed by atoms with Gasteiger partial charge in [0, 0.05) is 41.2 Å². The molecule has 6 aliphatic carbocycles. The Morgan fingerprint density at radius 2 is 1.68 bits per heavy atom. The van der Waals surface area contributed by atoms with E-state index in [2.05, 4.69) is 88.0 Å². The first-order chi connectivity index (χ1) is 29.2. The van der Waals surface area contributed by atoms with Gasteiger partial charge in [-0.3, -0.25) is 19.4 Å². The molecule has 0 bridgehead atoms. The number of rotatable bonds is 10. The Balaban J connectivity index is 0.906. The lowest BCUT2D eigenvalue weighted by atomic mass is 9.33. The Morgan fingerprint density at radius 3 is 2.37 bits per heavy atom. The van der Waals surface area contributed by atoms with Crippen molar-refractivity contribution >= 4 is 28.8 Å². The Hall–Kier alpha value is -3.85. The maximum atomic E-state index is 14.2. The number of aromatic amines is 1. The number of carboxylic acid groups (broad SMARTS) is 1. The van der Waals surface area contributed by atoms with Gasteiger partial charge in [-0.15, -0.1) is 0 Å². The van der Waals surface area contributed by atoms with E-state index in [9.17, 15) is 19.5 Å². The molecule has 334 valence electrons. The van der Waals surface area contributed by atoms with Gasteiger partial charge < -0.3 is 20.1 Å². The van der Waals surface area contributed by atoms with E-state index in [1.807, 2.05) is 33.0 Å². The number of hydrogen-bond donors (Lipinski definition) is 3. The van der Waals surface area contributed by atoms with Gasteiger partial charge in [-0.1, -0.05) is 74.0 Å². The number of aryl methyl sites for hydroxylation is 1. The standard InChI is InChI=1S/C53H72N4O5/c1-30(2)43-39(58)27-53(23-24-54-28-32-12-15-37-38(25-32)57-45(56-37)33-13-11-31(3)55-29-33)22-21-51(9)34(44(43)53)14-16-41-50(8)19-18-42(49(6,7)40(50)17-20-52(41,51)10)62-47(61)36-26-35(46(59)60)48(36,4)5/h11-13,15,25,29-30,34-36,40-42,54H,14,16-24,26-28H2,1-10H3,(H,56,57)(H,59,60)/t34-,35+,36-,40+,41-,42+,50+,51-,52-,53-/m1/s1. The zero-order valence-corrected chi connectivity index (χ0v) is 39.2. The number of ether oxygens (including phenoxy) is 1. The lowest BCUT2D eigenvalue weighted by molar-refractivity contribution is -0.236. The van der Waals surface area contributed by atoms with E-state index in [-0.39, 0.29) is 51.0 Å². The van der Waals surface area contributed by atoms with Crippen molar-refractivity contribution in [1.29, 1.82) is 0 Å². The highest BCUT2D eigenvalue weighted by Gasteiger charge is 2.70. The van der Waals surface area contributed by atoms with Gasteiger partial charge in [0.15, 0.2) is 5.78 Å². The van der Waals surface area contributed by atoms with Crippen molar-refractivity contribution in [2.24, 2.45) is 68.0 Å². The van der Waals surface area contributed by atoms with Gasteiger partial charge in [-0.2, -0.15) is 0 Å². The van der Waals surface area contributed by atoms with Crippen LogP contribution in [-0.2, 0) is 25.7 Å². The first kappa shape index (κ1) is 43.4. The minimum atomic E-state index is -0.819. The number of ketones is 1. The summed E-state index contributed by atoms with van der Waals surface area (Å²) in [5.74, 6) is 0.944. The molecule has 62 heavy (non-hydrogen) atoms. The molecule has 5 fully saturated rings. The van der Waals surface area contributed by atoms with Crippen molar-refractivity contribution in [3.63, 3.8) is 0 Å². The molecule has 0 saturated heterocycles. The monoisotopic (exact) mass is 845 g/mol. The van der Waals surface area contributed by atoms with Crippen molar-refractivity contribution in [2.45, 2.75) is 153 Å². The maximum absolute atomic E-state index is 14.2. The van der Waals surface area contributed by atoms with Crippen LogP contribution in [0.5, 0.6) is 0 Å². The Labute approximate surface area is 369 Å². The average Bonchev–Trinajstić information content (AvgIpc) is 3.76. The van der Waals surface area contributed by atoms with E-state index in [0.717, 1.165) is 98.1 Å². The first-order valence-electron chi connectivity index (χ1n) is 24.0. The average molecular weight is 845 g/mol. The van der Waals surface area contributed by atoms with Crippen LogP contribution in [-0.4, -0.2) is 50.4 Å². The summed E-state index contributed by atoms with van der Waals surface area (Å²) in [7, 11) is 0. The summed E-state index contributed by atoms with van der Waals surface area (Å²) >= 11 is 0. The smallest absolute Gasteiger partial charge is 0.309 e. The van der Waals surface area contributed by atoms with Crippen molar-refractivity contribution in [1.82, 2.24) is 20.3 Å². The van der Waals surface area contributed by atoms with Crippen molar-refractivity contribution in [2.75, 3.05) is 6.54 Å². The van der Waals surface area contributed by atoms with E-state index in [1.165, 1.54) is 17.6 Å². The third-order valence-electron chi connectivity index (χ3n) is 19.5. The highest BCUT2D eigenvalue weighted by molar-refractivity contribution is 6.00. The minimum Gasteiger partial charge on any atom is -0.481 e. The summed E-state index contributed by atoms with van der Waals surface area (Å²) < 4.78 is 6.46. The molecule has 9 heteroatoms. The molecule has 1 aromatic carbocycles. The molecule has 2 heterocycles. The summed E-state index contributed by atoms with van der Waals surface area (Å²) in [6, 6.07) is 10.5. The first-order valence-corrected chi connectivity index (χ1v) is 24.0. The van der Waals surface area contributed by atoms with Crippen LogP contribution in [0.3, 0.4) is 0 Å². The zero-order valence-electron chi connectivity index (χ0n) is 39.2. The molecule has 2 aromatic heterocycles. The van der Waals surface area contributed by atoms with Gasteiger partial charge in [0.25, 0.3) is 0 Å². The molecule has 3 N–H and O–H groups in total. The highest BCUT2D eigenvalue weighted by Crippen LogP contribution is 2.77. The predicted molar refractivity (Wildman–Crippen MR) is 243 cm³/mol. The SMILES string of the molecule is Cc1ccc(-c2nc3ccc(CNCC[C@@]45CC[C@]6(C)[C@H](CC[C@@H]7[C@@]8(C)CC[C@H](OC(=O)[C@H]9C[C@@H](C(=O)O)C9(C)C)C(C)(C)[C@@H]8CC[C@]76C)C4=C(C(C)C)C(=O)C5)cc3[nH]2)cn1. The second-order valence-corrected chi connectivity index (χ2v) is 23.3. The van der Waals surface area contributed by atoms with E-state index in [4.69, 9.17) is 9.72 Å². The number of H-pyrrole nitrogens is 1. The zero-order chi connectivity index (χ0) is 44.4. The normalized spacial score (nSPS) is 37.0. The lowest BCUT2D eigenvalue weighted by Crippen LogP contribution is -2.66. The fourth-order valence-corrected chi connectivity index (χ4v) is 15.7. The molecule has 9 rings (SSSR count). The van der Waals surface area contributed by atoms with Crippen LogP contribution in [0.1, 0.15) is 144 Å². The van der Waals surface area contributed by atoms with Crippen LogP contribution >= 0.6 is 0 Å². The van der Waals surface area contributed by atoms with Crippen molar-refractivity contribution < 1.29 is 24.2 Å². The summed E-state index contributed by atoms with van der Waals surface area (Å²) in [6.45, 7) is 24.5. The van der Waals surface area contributed by atoms with Gasteiger partial charge in [-0.05, 0) is 158 Å². The number of Topliss-reactive ketones (excluding diaryl/α,β-unsaturated/α-hetero) is 1. The molecule has 0 radical (unpaired) electrons. The number of esters is 1. The third-order valence-corrected chi connectivity index (χ3v) is 19.5. The summed E-state index contributed by atoms with van der Waals surface area (Å²) in [6.07, 6.45) is 12.4. The molecular weight excluding hydrogens is 773 g/mol. The fraction of sp³-hybridized carbons (Fsp3) is 0.679. The van der Waals surface area contributed by atoms with E-state index >= 15 is 0 Å². The molecule has 3 aromatic rings. The highest BCUT2D eigenvalue weighted by atomic mass is 16.5. The number of imidazole rings is 1. The summed E-state index contributed by atoms with van der Waals surface area (Å²) in [5, 5.41) is 13.5. The number of fused-ring (bicyclic) bond motifs is 8. The van der Waals surface area contributed by atoms with Crippen molar-refractivity contribution in [3.05, 3.63) is 58.9 Å². The summed E-state index contributed by atoms with van der Waals surface area (Å²) in [5.41, 5.74) is 7.33. The van der Waals surface area contributed by atoms with E-state index in [0.29, 0.717) is 36.4 Å². The molecule has 0 spiro atoms. The second-order valence-electron chi connectivity index (χ2n) is 23.3.